The Kier molecular flexibility index (Phi) is 3.41. The zero-order valence-electron chi connectivity index (χ0n) is 8.05. The molecule has 0 aromatic rings. The summed E-state index contributed by atoms with van der Waals surface area (Å²) in [4.78, 5) is 11.3. The average molecular weight is 186 g/mol. The Bertz CT molecular complexity index is 194. The van der Waals surface area contributed by atoms with E-state index in [1.165, 1.54) is 6.92 Å². The standard InChI is InChI=1S/C9H18N2O2/c1-7(12)9(13)5-3-2-4-8(9)11-6-10/h8,11,13H,2-6,10H2,1H3. The van der Waals surface area contributed by atoms with Gasteiger partial charge in [-0.15, -0.1) is 0 Å². The van der Waals surface area contributed by atoms with Crippen LogP contribution in [0.25, 0.3) is 0 Å². The van der Waals surface area contributed by atoms with Crippen LogP contribution in [0.4, 0.5) is 0 Å². The summed E-state index contributed by atoms with van der Waals surface area (Å²) in [7, 11) is 0. The molecule has 1 rings (SSSR count). The molecule has 1 aliphatic rings. The highest BCUT2D eigenvalue weighted by molar-refractivity contribution is 5.85. The van der Waals surface area contributed by atoms with Crippen LogP contribution in [0.5, 0.6) is 0 Å². The molecule has 0 amide bonds. The number of Topliss-reactive ketones (excluding diaryl/α,β-unsaturated/α-hetero) is 1. The smallest absolute Gasteiger partial charge is 0.162 e. The second kappa shape index (κ2) is 4.17. The van der Waals surface area contributed by atoms with E-state index in [9.17, 15) is 9.90 Å². The molecule has 0 heterocycles. The van der Waals surface area contributed by atoms with E-state index in [0.29, 0.717) is 13.1 Å². The lowest BCUT2D eigenvalue weighted by molar-refractivity contribution is -0.141. The highest BCUT2D eigenvalue weighted by Crippen LogP contribution is 2.29. The molecule has 4 nitrogen and oxygen atoms in total. The maximum Gasteiger partial charge on any atom is 0.162 e. The highest BCUT2D eigenvalue weighted by Gasteiger charge is 2.42. The van der Waals surface area contributed by atoms with E-state index in [2.05, 4.69) is 5.32 Å². The molecule has 0 bridgehead atoms. The number of nitrogens with one attached hydrogen (secondary N) is 1. The zero-order valence-corrected chi connectivity index (χ0v) is 8.05. The van der Waals surface area contributed by atoms with Gasteiger partial charge in [0.2, 0.25) is 0 Å². The molecule has 76 valence electrons. The van der Waals surface area contributed by atoms with Crippen LogP contribution in [0.3, 0.4) is 0 Å². The fourth-order valence-corrected chi connectivity index (χ4v) is 1.99. The molecule has 0 saturated heterocycles. The van der Waals surface area contributed by atoms with Crippen LogP contribution in [0, 0.1) is 0 Å². The summed E-state index contributed by atoms with van der Waals surface area (Å²) >= 11 is 0. The van der Waals surface area contributed by atoms with E-state index in [4.69, 9.17) is 5.73 Å². The molecular weight excluding hydrogens is 168 g/mol. The van der Waals surface area contributed by atoms with Gasteiger partial charge < -0.3 is 10.8 Å². The van der Waals surface area contributed by atoms with Crippen molar-refractivity contribution in [3.05, 3.63) is 0 Å². The van der Waals surface area contributed by atoms with Crippen molar-refractivity contribution in [1.29, 1.82) is 0 Å². The molecular formula is C9H18N2O2. The Balaban J connectivity index is 2.71. The molecule has 0 spiro atoms. The van der Waals surface area contributed by atoms with Crippen LogP contribution in [0.1, 0.15) is 32.6 Å². The topological polar surface area (TPSA) is 75.3 Å². The lowest BCUT2D eigenvalue weighted by atomic mass is 9.78. The molecule has 1 aliphatic carbocycles. The monoisotopic (exact) mass is 186 g/mol. The second-order valence-electron chi connectivity index (χ2n) is 3.69. The summed E-state index contributed by atoms with van der Waals surface area (Å²) in [5.74, 6) is -0.154. The predicted molar refractivity (Wildman–Crippen MR) is 50.1 cm³/mol. The minimum Gasteiger partial charge on any atom is -0.380 e. The molecule has 0 aromatic heterocycles. The Labute approximate surface area is 78.5 Å². The number of aliphatic hydroxyl groups is 1. The van der Waals surface area contributed by atoms with E-state index in [-0.39, 0.29) is 11.8 Å². The van der Waals surface area contributed by atoms with Crippen LogP contribution in [-0.4, -0.2) is 29.2 Å². The fraction of sp³-hybridized carbons (Fsp3) is 0.889. The normalized spacial score (nSPS) is 34.5. The summed E-state index contributed by atoms with van der Waals surface area (Å²) in [5.41, 5.74) is 4.16. The maximum atomic E-state index is 11.3. The number of carbonyl (C=O) groups excluding carboxylic acids is 1. The lowest BCUT2D eigenvalue weighted by Crippen LogP contribution is -2.57. The molecule has 1 fully saturated rings. The molecule has 13 heavy (non-hydrogen) atoms. The van der Waals surface area contributed by atoms with Crippen molar-refractivity contribution in [2.45, 2.75) is 44.2 Å². The first-order valence-corrected chi connectivity index (χ1v) is 4.78. The number of hydrogen-bond acceptors (Lipinski definition) is 4. The lowest BCUT2D eigenvalue weighted by Gasteiger charge is -2.38. The van der Waals surface area contributed by atoms with Crippen LogP contribution >= 0.6 is 0 Å². The van der Waals surface area contributed by atoms with Crippen LogP contribution < -0.4 is 11.1 Å². The Hall–Kier alpha value is -0.450. The quantitative estimate of drug-likeness (QED) is 0.531. The molecule has 2 unspecified atom stereocenters. The van der Waals surface area contributed by atoms with Gasteiger partial charge in [-0.3, -0.25) is 10.1 Å². The molecule has 2 atom stereocenters. The Morgan fingerprint density at radius 2 is 2.38 bits per heavy atom. The van der Waals surface area contributed by atoms with Gasteiger partial charge in [-0.05, 0) is 26.2 Å². The summed E-state index contributed by atoms with van der Waals surface area (Å²) in [6, 6.07) is -0.163. The largest absolute Gasteiger partial charge is 0.380 e. The fourth-order valence-electron chi connectivity index (χ4n) is 1.99. The first kappa shape index (κ1) is 10.6. The Morgan fingerprint density at radius 3 is 2.92 bits per heavy atom. The summed E-state index contributed by atoms with van der Waals surface area (Å²) < 4.78 is 0. The van der Waals surface area contributed by atoms with Gasteiger partial charge in [0.15, 0.2) is 5.78 Å². The van der Waals surface area contributed by atoms with E-state index in [0.717, 1.165) is 19.3 Å². The van der Waals surface area contributed by atoms with E-state index < -0.39 is 5.60 Å². The molecule has 0 aromatic carbocycles. The van der Waals surface area contributed by atoms with Crippen molar-refractivity contribution < 1.29 is 9.90 Å². The third kappa shape index (κ3) is 2.07. The number of carbonyl (C=O) groups is 1. The first-order chi connectivity index (χ1) is 6.11. The van der Waals surface area contributed by atoms with Gasteiger partial charge in [-0.1, -0.05) is 6.42 Å². The van der Waals surface area contributed by atoms with Crippen molar-refractivity contribution in [3.63, 3.8) is 0 Å². The second-order valence-corrected chi connectivity index (χ2v) is 3.69. The van der Waals surface area contributed by atoms with Crippen molar-refractivity contribution >= 4 is 5.78 Å². The first-order valence-electron chi connectivity index (χ1n) is 4.78. The van der Waals surface area contributed by atoms with Gasteiger partial charge in [-0.2, -0.15) is 0 Å². The third-order valence-electron chi connectivity index (χ3n) is 2.85. The van der Waals surface area contributed by atoms with E-state index in [1.807, 2.05) is 0 Å². The minimum atomic E-state index is -1.18. The van der Waals surface area contributed by atoms with Crippen molar-refractivity contribution in [2.75, 3.05) is 6.67 Å². The van der Waals surface area contributed by atoms with Crippen molar-refractivity contribution in [1.82, 2.24) is 5.32 Å². The van der Waals surface area contributed by atoms with Crippen LogP contribution in [-0.2, 0) is 4.79 Å². The van der Waals surface area contributed by atoms with Gasteiger partial charge >= 0.3 is 0 Å². The number of hydrogen-bond donors (Lipinski definition) is 3. The van der Waals surface area contributed by atoms with Gasteiger partial charge in [0.25, 0.3) is 0 Å². The molecule has 4 heteroatoms. The molecule has 0 aliphatic heterocycles. The summed E-state index contributed by atoms with van der Waals surface area (Å²) in [5, 5.41) is 13.0. The van der Waals surface area contributed by atoms with Crippen molar-refractivity contribution in [2.24, 2.45) is 5.73 Å². The number of ketones is 1. The molecule has 0 radical (unpaired) electrons. The van der Waals surface area contributed by atoms with Crippen LogP contribution in [0.15, 0.2) is 0 Å². The third-order valence-corrected chi connectivity index (χ3v) is 2.85. The maximum absolute atomic E-state index is 11.3. The van der Waals surface area contributed by atoms with Gasteiger partial charge in [0.05, 0.1) is 0 Å². The van der Waals surface area contributed by atoms with E-state index >= 15 is 0 Å². The summed E-state index contributed by atoms with van der Waals surface area (Å²) in [6.07, 6.45) is 3.35. The van der Waals surface area contributed by atoms with Crippen molar-refractivity contribution in [3.8, 4) is 0 Å². The van der Waals surface area contributed by atoms with E-state index in [1.54, 1.807) is 0 Å². The molecule has 4 N–H and O–H groups in total. The Morgan fingerprint density at radius 1 is 1.69 bits per heavy atom. The zero-order chi connectivity index (χ0) is 9.90. The number of nitrogens with two attached hydrogens (primary N) is 1. The van der Waals surface area contributed by atoms with Gasteiger partial charge in [0, 0.05) is 12.7 Å². The minimum absolute atomic E-state index is 0.154. The summed E-state index contributed by atoms with van der Waals surface area (Å²) in [6.45, 7) is 1.75. The average Bonchev–Trinajstić information content (AvgIpc) is 2.09. The number of rotatable bonds is 3. The molecule has 1 saturated carbocycles. The predicted octanol–water partition coefficient (Wildman–Crippen LogP) is -0.245. The van der Waals surface area contributed by atoms with Gasteiger partial charge in [0.1, 0.15) is 5.60 Å². The van der Waals surface area contributed by atoms with Crippen LogP contribution in [0.2, 0.25) is 0 Å². The SMILES string of the molecule is CC(=O)C1(O)CCCCC1NCN. The van der Waals surface area contributed by atoms with Gasteiger partial charge in [-0.25, -0.2) is 0 Å². The highest BCUT2D eigenvalue weighted by atomic mass is 16.3.